The molecule has 4 rings (SSSR count). The van der Waals surface area contributed by atoms with Crippen molar-refractivity contribution in [3.63, 3.8) is 0 Å². The van der Waals surface area contributed by atoms with E-state index in [2.05, 4.69) is 24.8 Å². The Labute approximate surface area is 155 Å². The largest absolute Gasteiger partial charge is 0.471 e. The quantitative estimate of drug-likeness (QED) is 0.666. The molecule has 1 aliphatic heterocycles. The Morgan fingerprint density at radius 3 is 2.46 bits per heavy atom. The minimum atomic E-state index is -4.72. The van der Waals surface area contributed by atoms with Crippen molar-refractivity contribution >= 4 is 11.6 Å². The van der Waals surface area contributed by atoms with Crippen LogP contribution in [0.1, 0.15) is 23.6 Å². The number of nitrogens with zero attached hydrogens (tertiary/aromatic N) is 5. The lowest BCUT2D eigenvalue weighted by atomic mass is 10.1. The number of alkyl halides is 3. The highest BCUT2D eigenvalue weighted by Crippen LogP contribution is 2.32. The SMILES string of the molecule is Cc1noc(C2COCC(=O)N2c2ccc(-c3noc(C(F)(F)F)n3)cc2)n1. The number of anilines is 1. The molecule has 0 aliphatic carbocycles. The number of hydrogen-bond donors (Lipinski definition) is 0. The third-order valence-corrected chi connectivity index (χ3v) is 3.98. The summed E-state index contributed by atoms with van der Waals surface area (Å²) in [6.07, 6.45) is -4.72. The van der Waals surface area contributed by atoms with Gasteiger partial charge in [-0.1, -0.05) is 10.3 Å². The Balaban J connectivity index is 1.63. The molecule has 9 nitrogen and oxygen atoms in total. The summed E-state index contributed by atoms with van der Waals surface area (Å²) in [7, 11) is 0. The second kappa shape index (κ2) is 6.71. The van der Waals surface area contributed by atoms with Crippen LogP contribution in [-0.4, -0.2) is 39.4 Å². The summed E-state index contributed by atoms with van der Waals surface area (Å²) >= 11 is 0. The van der Waals surface area contributed by atoms with Crippen molar-refractivity contribution in [3.8, 4) is 11.4 Å². The third-order valence-electron chi connectivity index (χ3n) is 3.98. The summed E-state index contributed by atoms with van der Waals surface area (Å²) in [5, 5.41) is 7.06. The molecule has 0 radical (unpaired) electrons. The number of halogens is 3. The van der Waals surface area contributed by atoms with Crippen LogP contribution in [0.4, 0.5) is 18.9 Å². The fraction of sp³-hybridized carbons (Fsp3) is 0.312. The zero-order valence-electron chi connectivity index (χ0n) is 14.3. The lowest BCUT2D eigenvalue weighted by Crippen LogP contribution is -2.44. The van der Waals surface area contributed by atoms with Gasteiger partial charge in [-0.05, 0) is 31.2 Å². The van der Waals surface area contributed by atoms with E-state index in [1.807, 2.05) is 0 Å². The van der Waals surface area contributed by atoms with Gasteiger partial charge in [0.25, 0.3) is 11.8 Å². The molecule has 1 saturated heterocycles. The number of ether oxygens (including phenoxy) is 1. The van der Waals surface area contributed by atoms with Crippen LogP contribution in [-0.2, 0) is 15.7 Å². The highest BCUT2D eigenvalue weighted by Gasteiger charge is 2.39. The van der Waals surface area contributed by atoms with Crippen LogP contribution in [0.25, 0.3) is 11.4 Å². The van der Waals surface area contributed by atoms with E-state index in [4.69, 9.17) is 9.26 Å². The average Bonchev–Trinajstić information content (AvgIpc) is 3.31. The van der Waals surface area contributed by atoms with E-state index in [0.29, 0.717) is 17.1 Å². The fourth-order valence-electron chi connectivity index (χ4n) is 2.76. The fourth-order valence-corrected chi connectivity index (χ4v) is 2.76. The molecule has 0 bridgehead atoms. The maximum Gasteiger partial charge on any atom is 0.471 e. The molecule has 146 valence electrons. The van der Waals surface area contributed by atoms with E-state index in [0.717, 1.165) is 0 Å². The summed E-state index contributed by atoms with van der Waals surface area (Å²) in [4.78, 5) is 21.3. The van der Waals surface area contributed by atoms with E-state index >= 15 is 0 Å². The third kappa shape index (κ3) is 3.33. The van der Waals surface area contributed by atoms with Gasteiger partial charge in [-0.15, -0.1) is 0 Å². The zero-order chi connectivity index (χ0) is 19.9. The molecule has 1 fully saturated rings. The maximum absolute atomic E-state index is 12.6. The molecule has 1 unspecified atom stereocenters. The maximum atomic E-state index is 12.6. The first-order valence-electron chi connectivity index (χ1n) is 8.04. The van der Waals surface area contributed by atoms with Gasteiger partial charge in [-0.3, -0.25) is 9.69 Å². The molecule has 3 heterocycles. The summed E-state index contributed by atoms with van der Waals surface area (Å²) in [6.45, 7) is 1.69. The van der Waals surface area contributed by atoms with Gasteiger partial charge in [0, 0.05) is 11.3 Å². The standard InChI is InChI=1S/C16H12F3N5O4/c1-8-20-14(27-22-8)11-6-26-7-12(25)24(11)10-4-2-9(3-5-10)13-21-15(28-23-13)16(17,18)19/h2-5,11H,6-7H2,1H3. The van der Waals surface area contributed by atoms with Crippen LogP contribution in [0.15, 0.2) is 33.3 Å². The molecular weight excluding hydrogens is 383 g/mol. The second-order valence-electron chi connectivity index (χ2n) is 5.94. The molecule has 1 aliphatic rings. The van der Waals surface area contributed by atoms with Crippen LogP contribution < -0.4 is 4.90 Å². The van der Waals surface area contributed by atoms with Gasteiger partial charge in [0.1, 0.15) is 12.6 Å². The first kappa shape index (κ1) is 18.1. The molecule has 28 heavy (non-hydrogen) atoms. The topological polar surface area (TPSA) is 107 Å². The minimum Gasteiger partial charge on any atom is -0.369 e. The monoisotopic (exact) mass is 395 g/mol. The van der Waals surface area contributed by atoms with Crippen LogP contribution in [0.5, 0.6) is 0 Å². The summed E-state index contributed by atoms with van der Waals surface area (Å²) in [5.74, 6) is -1.32. The molecule has 1 aromatic carbocycles. The second-order valence-corrected chi connectivity index (χ2v) is 5.94. The number of hydrogen-bond acceptors (Lipinski definition) is 8. The van der Waals surface area contributed by atoms with E-state index in [-0.39, 0.29) is 30.8 Å². The van der Waals surface area contributed by atoms with Crippen molar-refractivity contribution in [2.45, 2.75) is 19.1 Å². The zero-order valence-corrected chi connectivity index (χ0v) is 14.3. The predicted molar refractivity (Wildman–Crippen MR) is 84.8 cm³/mol. The van der Waals surface area contributed by atoms with E-state index in [9.17, 15) is 18.0 Å². The number of amides is 1. The van der Waals surface area contributed by atoms with Crippen LogP contribution in [0.3, 0.4) is 0 Å². The van der Waals surface area contributed by atoms with Gasteiger partial charge < -0.3 is 13.8 Å². The number of aromatic nitrogens is 4. The average molecular weight is 395 g/mol. The van der Waals surface area contributed by atoms with Gasteiger partial charge in [-0.2, -0.15) is 23.1 Å². The predicted octanol–water partition coefficient (Wildman–Crippen LogP) is 2.55. The van der Waals surface area contributed by atoms with Gasteiger partial charge in [0.05, 0.1) is 6.61 Å². The summed E-state index contributed by atoms with van der Waals surface area (Å²) < 4.78 is 52.5. The summed E-state index contributed by atoms with van der Waals surface area (Å²) in [6, 6.07) is 5.46. The first-order chi connectivity index (χ1) is 13.3. The van der Waals surface area contributed by atoms with Gasteiger partial charge in [0.2, 0.25) is 5.82 Å². The van der Waals surface area contributed by atoms with Crippen molar-refractivity contribution in [2.75, 3.05) is 18.1 Å². The Kier molecular flexibility index (Phi) is 4.34. The summed E-state index contributed by atoms with van der Waals surface area (Å²) in [5.41, 5.74) is 0.784. The molecule has 12 heteroatoms. The van der Waals surface area contributed by atoms with Crippen LogP contribution in [0.2, 0.25) is 0 Å². The Morgan fingerprint density at radius 2 is 1.86 bits per heavy atom. The van der Waals surface area contributed by atoms with Crippen LogP contribution in [0, 0.1) is 6.92 Å². The number of carbonyl (C=O) groups excluding carboxylic acids is 1. The van der Waals surface area contributed by atoms with Crippen molar-refractivity contribution < 1.29 is 31.7 Å². The molecule has 1 amide bonds. The molecule has 2 aromatic heterocycles. The van der Waals surface area contributed by atoms with E-state index in [1.165, 1.54) is 17.0 Å². The highest BCUT2D eigenvalue weighted by atomic mass is 19.4. The van der Waals surface area contributed by atoms with Crippen molar-refractivity contribution in [1.82, 2.24) is 20.3 Å². The number of morpholine rings is 1. The molecule has 3 aromatic rings. The molecule has 1 atom stereocenters. The van der Waals surface area contributed by atoms with E-state index < -0.39 is 18.1 Å². The molecule has 0 spiro atoms. The van der Waals surface area contributed by atoms with Crippen LogP contribution >= 0.6 is 0 Å². The Morgan fingerprint density at radius 1 is 1.11 bits per heavy atom. The Bertz CT molecular complexity index is 998. The van der Waals surface area contributed by atoms with E-state index in [1.54, 1.807) is 19.1 Å². The van der Waals surface area contributed by atoms with Gasteiger partial charge in [-0.25, -0.2) is 0 Å². The smallest absolute Gasteiger partial charge is 0.369 e. The van der Waals surface area contributed by atoms with Crippen molar-refractivity contribution in [1.29, 1.82) is 0 Å². The minimum absolute atomic E-state index is 0.120. The number of carbonyl (C=O) groups is 1. The normalized spacial score (nSPS) is 17.9. The van der Waals surface area contributed by atoms with Gasteiger partial charge in [0.15, 0.2) is 5.82 Å². The number of benzene rings is 1. The first-order valence-corrected chi connectivity index (χ1v) is 8.04. The van der Waals surface area contributed by atoms with Gasteiger partial charge >= 0.3 is 12.1 Å². The lowest BCUT2D eigenvalue weighted by Gasteiger charge is -2.33. The van der Waals surface area contributed by atoms with Crippen molar-refractivity contribution in [2.24, 2.45) is 0 Å². The Hall–Kier alpha value is -3.28. The lowest BCUT2D eigenvalue weighted by molar-refractivity contribution is -0.159. The molecule has 0 N–H and O–H groups in total. The number of aryl methyl sites for hydroxylation is 1. The van der Waals surface area contributed by atoms with Crippen molar-refractivity contribution in [3.05, 3.63) is 41.9 Å². The molecular formula is C16H12F3N5O4. The molecule has 0 saturated carbocycles. The highest BCUT2D eigenvalue weighted by molar-refractivity contribution is 5.95. The number of rotatable bonds is 3.